The first-order valence-corrected chi connectivity index (χ1v) is 8.81. The Morgan fingerprint density at radius 2 is 2.12 bits per heavy atom. The van der Waals surface area contributed by atoms with Crippen LogP contribution in [0.3, 0.4) is 0 Å². The van der Waals surface area contributed by atoms with Gasteiger partial charge in [0.1, 0.15) is 17.7 Å². The van der Waals surface area contributed by atoms with Crippen molar-refractivity contribution >= 4 is 29.9 Å². The Bertz CT molecular complexity index is 544. The van der Waals surface area contributed by atoms with E-state index in [0.717, 1.165) is 32.2 Å². The molecule has 0 radical (unpaired) electrons. The second kappa shape index (κ2) is 12.3. The number of aliphatic imine (C=N–C) groups is 1. The molecule has 2 N–H and O–H groups in total. The van der Waals surface area contributed by atoms with Crippen LogP contribution in [-0.2, 0) is 4.74 Å². The van der Waals surface area contributed by atoms with E-state index < -0.39 is 0 Å². The van der Waals surface area contributed by atoms with Gasteiger partial charge in [-0.3, -0.25) is 0 Å². The van der Waals surface area contributed by atoms with Crippen molar-refractivity contribution in [3.63, 3.8) is 0 Å². The van der Waals surface area contributed by atoms with Gasteiger partial charge in [0.15, 0.2) is 5.96 Å². The molecule has 1 heterocycles. The van der Waals surface area contributed by atoms with Crippen LogP contribution < -0.4 is 15.4 Å². The Labute approximate surface area is 172 Å². The maximum Gasteiger partial charge on any atom is 0.191 e. The third kappa shape index (κ3) is 8.50. The highest BCUT2D eigenvalue weighted by atomic mass is 127. The van der Waals surface area contributed by atoms with E-state index >= 15 is 0 Å². The highest BCUT2D eigenvalue weighted by Crippen LogP contribution is 2.13. The molecular weight excluding hydrogens is 450 g/mol. The van der Waals surface area contributed by atoms with Gasteiger partial charge in [-0.2, -0.15) is 0 Å². The number of halogens is 2. The van der Waals surface area contributed by atoms with Gasteiger partial charge in [-0.1, -0.05) is 0 Å². The summed E-state index contributed by atoms with van der Waals surface area (Å²) in [6, 6.07) is 6.02. The minimum atomic E-state index is -0.271. The average molecular weight is 480 g/mol. The Morgan fingerprint density at radius 1 is 1.38 bits per heavy atom. The first-order chi connectivity index (χ1) is 12.1. The summed E-state index contributed by atoms with van der Waals surface area (Å²) in [6.07, 6.45) is 0.0495. The third-order valence-corrected chi connectivity index (χ3v) is 3.84. The number of benzene rings is 1. The molecule has 2 atom stereocenters. The highest BCUT2D eigenvalue weighted by Gasteiger charge is 2.17. The number of ether oxygens (including phenoxy) is 2. The van der Waals surface area contributed by atoms with Crippen molar-refractivity contribution < 1.29 is 13.9 Å². The standard InChI is InChI=1S/C18H29FN4O2.HI/c1-4-20-18(22-12-17-13-23(3)9-10-24-17)21-11-14(2)25-16-7-5-15(19)6-8-16;/h5-8,14,17H,4,9-13H2,1-3H3,(H2,20,21,22);1H. The van der Waals surface area contributed by atoms with Crippen molar-refractivity contribution in [3.05, 3.63) is 30.1 Å². The van der Waals surface area contributed by atoms with Crippen molar-refractivity contribution in [2.24, 2.45) is 4.99 Å². The van der Waals surface area contributed by atoms with Gasteiger partial charge in [-0.05, 0) is 45.2 Å². The lowest BCUT2D eigenvalue weighted by molar-refractivity contribution is -0.0161. The molecule has 2 unspecified atom stereocenters. The van der Waals surface area contributed by atoms with E-state index in [9.17, 15) is 4.39 Å². The summed E-state index contributed by atoms with van der Waals surface area (Å²) >= 11 is 0. The van der Waals surface area contributed by atoms with Gasteiger partial charge in [0.05, 0.1) is 19.3 Å². The lowest BCUT2D eigenvalue weighted by Gasteiger charge is -2.30. The number of likely N-dealkylation sites (N-methyl/N-ethyl adjacent to an activating group) is 1. The van der Waals surface area contributed by atoms with Crippen LogP contribution in [-0.4, -0.2) is 69.4 Å². The zero-order valence-electron chi connectivity index (χ0n) is 15.7. The zero-order chi connectivity index (χ0) is 18.1. The largest absolute Gasteiger partial charge is 0.489 e. The summed E-state index contributed by atoms with van der Waals surface area (Å²) in [4.78, 5) is 6.82. The summed E-state index contributed by atoms with van der Waals surface area (Å²) in [5.41, 5.74) is 0. The maximum atomic E-state index is 12.9. The molecule has 1 aliphatic heterocycles. The van der Waals surface area contributed by atoms with Crippen LogP contribution in [0.15, 0.2) is 29.3 Å². The second-order valence-electron chi connectivity index (χ2n) is 6.24. The molecule has 6 nitrogen and oxygen atoms in total. The molecule has 0 aliphatic carbocycles. The molecule has 2 rings (SSSR count). The summed E-state index contributed by atoms with van der Waals surface area (Å²) in [5, 5.41) is 6.54. The maximum absolute atomic E-state index is 12.9. The van der Waals surface area contributed by atoms with E-state index in [-0.39, 0.29) is 42.0 Å². The monoisotopic (exact) mass is 480 g/mol. The molecule has 26 heavy (non-hydrogen) atoms. The van der Waals surface area contributed by atoms with E-state index in [1.807, 2.05) is 13.8 Å². The normalized spacial score (nSPS) is 19.4. The molecule has 1 fully saturated rings. The van der Waals surface area contributed by atoms with Crippen molar-refractivity contribution in [2.45, 2.75) is 26.1 Å². The van der Waals surface area contributed by atoms with Crippen molar-refractivity contribution in [1.29, 1.82) is 0 Å². The van der Waals surface area contributed by atoms with Crippen LogP contribution in [0.2, 0.25) is 0 Å². The molecule has 0 spiro atoms. The molecule has 1 aromatic carbocycles. The molecule has 1 aromatic rings. The van der Waals surface area contributed by atoms with Gasteiger partial charge in [-0.25, -0.2) is 9.38 Å². The minimum absolute atomic E-state index is 0. The summed E-state index contributed by atoms with van der Waals surface area (Å²) in [6.45, 7) is 8.61. The number of rotatable bonds is 7. The lowest BCUT2D eigenvalue weighted by atomic mass is 10.3. The Hall–Kier alpha value is -1.13. The SMILES string of the molecule is CCNC(=NCC(C)Oc1ccc(F)cc1)NCC1CN(C)CCO1.I. The van der Waals surface area contributed by atoms with Crippen molar-refractivity contribution in [3.8, 4) is 5.75 Å². The fraction of sp³-hybridized carbons (Fsp3) is 0.611. The topological polar surface area (TPSA) is 58.1 Å². The van der Waals surface area contributed by atoms with Crippen LogP contribution >= 0.6 is 24.0 Å². The molecule has 0 bridgehead atoms. The Kier molecular flexibility index (Phi) is 10.8. The Balaban J connectivity index is 0.00000338. The molecular formula is C18H30FIN4O2. The number of nitrogens with zero attached hydrogens (tertiary/aromatic N) is 2. The predicted octanol–water partition coefficient (Wildman–Crippen LogP) is 2.10. The van der Waals surface area contributed by atoms with E-state index in [1.165, 1.54) is 12.1 Å². The fourth-order valence-corrected chi connectivity index (χ4v) is 2.55. The van der Waals surface area contributed by atoms with Crippen LogP contribution in [0.25, 0.3) is 0 Å². The van der Waals surface area contributed by atoms with Gasteiger partial charge in [0.25, 0.3) is 0 Å². The van der Waals surface area contributed by atoms with E-state index in [4.69, 9.17) is 9.47 Å². The van der Waals surface area contributed by atoms with Gasteiger partial charge < -0.3 is 25.0 Å². The molecule has 1 saturated heterocycles. The van der Waals surface area contributed by atoms with Crippen molar-refractivity contribution in [2.75, 3.05) is 46.4 Å². The smallest absolute Gasteiger partial charge is 0.191 e. The zero-order valence-corrected chi connectivity index (χ0v) is 18.0. The van der Waals surface area contributed by atoms with E-state index in [1.54, 1.807) is 12.1 Å². The molecule has 1 aliphatic rings. The van der Waals surface area contributed by atoms with Crippen LogP contribution in [0.1, 0.15) is 13.8 Å². The molecule has 148 valence electrons. The van der Waals surface area contributed by atoms with Crippen LogP contribution in [0.4, 0.5) is 4.39 Å². The fourth-order valence-electron chi connectivity index (χ4n) is 2.55. The number of guanidine groups is 1. The minimum Gasteiger partial charge on any atom is -0.489 e. The van der Waals surface area contributed by atoms with Crippen molar-refractivity contribution in [1.82, 2.24) is 15.5 Å². The van der Waals surface area contributed by atoms with Gasteiger partial charge in [-0.15, -0.1) is 24.0 Å². The van der Waals surface area contributed by atoms with Gasteiger partial charge in [0, 0.05) is 26.2 Å². The number of nitrogens with one attached hydrogen (secondary N) is 2. The number of hydrogen-bond acceptors (Lipinski definition) is 4. The summed E-state index contributed by atoms with van der Waals surface area (Å²) < 4.78 is 24.4. The van der Waals surface area contributed by atoms with E-state index in [0.29, 0.717) is 18.8 Å². The third-order valence-electron chi connectivity index (χ3n) is 3.84. The first kappa shape index (κ1) is 22.9. The number of morpholine rings is 1. The number of hydrogen-bond donors (Lipinski definition) is 2. The predicted molar refractivity (Wildman–Crippen MR) is 113 cm³/mol. The van der Waals surface area contributed by atoms with Gasteiger partial charge >= 0.3 is 0 Å². The molecule has 8 heteroatoms. The molecule has 0 aromatic heterocycles. The van der Waals surface area contributed by atoms with E-state index in [2.05, 4.69) is 27.6 Å². The quantitative estimate of drug-likeness (QED) is 0.356. The van der Waals surface area contributed by atoms with Crippen LogP contribution in [0.5, 0.6) is 5.75 Å². The summed E-state index contributed by atoms with van der Waals surface area (Å²) in [5.74, 6) is 1.11. The lowest BCUT2D eigenvalue weighted by Crippen LogP contribution is -2.48. The molecule has 0 saturated carbocycles. The Morgan fingerprint density at radius 3 is 2.77 bits per heavy atom. The summed E-state index contributed by atoms with van der Waals surface area (Å²) in [7, 11) is 2.10. The van der Waals surface area contributed by atoms with Crippen LogP contribution in [0, 0.1) is 5.82 Å². The van der Waals surface area contributed by atoms with Gasteiger partial charge in [0.2, 0.25) is 0 Å². The average Bonchev–Trinajstić information content (AvgIpc) is 2.59. The molecule has 0 amide bonds. The first-order valence-electron chi connectivity index (χ1n) is 8.81. The highest BCUT2D eigenvalue weighted by molar-refractivity contribution is 14.0. The second-order valence-corrected chi connectivity index (χ2v) is 6.24.